The maximum atomic E-state index is 12.4. The molecular formula is C20H23N3O2S. The summed E-state index contributed by atoms with van der Waals surface area (Å²) in [4.78, 5) is 13.1. The molecule has 1 atom stereocenters. The molecular weight excluding hydrogens is 346 g/mol. The molecule has 1 amide bonds. The van der Waals surface area contributed by atoms with Crippen LogP contribution in [-0.4, -0.2) is 21.7 Å². The number of nitrogens with one attached hydrogen (secondary N) is 1. The lowest BCUT2D eigenvalue weighted by molar-refractivity contribution is 0.0940. The van der Waals surface area contributed by atoms with Gasteiger partial charge in [0.25, 0.3) is 5.91 Å². The smallest absolute Gasteiger partial charge is 0.261 e. The number of hydrogen-bond acceptors (Lipinski definition) is 4. The third-order valence-electron chi connectivity index (χ3n) is 3.88. The molecule has 136 valence electrons. The van der Waals surface area contributed by atoms with Crippen molar-refractivity contribution in [3.8, 4) is 5.75 Å². The van der Waals surface area contributed by atoms with Gasteiger partial charge in [-0.05, 0) is 56.0 Å². The third kappa shape index (κ3) is 4.95. The van der Waals surface area contributed by atoms with E-state index in [1.165, 1.54) is 11.3 Å². The standard InChI is InChI=1S/C20H23N3O2S/c1-14-5-4-6-18(9-14)25-12-17-10-19(26-13-17)20(24)21-16(3)11-23-8-7-15(2)22-23/h4-10,13,16H,11-12H2,1-3H3,(H,21,24). The molecule has 3 rings (SSSR count). The molecule has 5 nitrogen and oxygen atoms in total. The Labute approximate surface area is 157 Å². The summed E-state index contributed by atoms with van der Waals surface area (Å²) in [5, 5.41) is 9.33. The topological polar surface area (TPSA) is 56.1 Å². The number of ether oxygens (including phenoxy) is 1. The van der Waals surface area contributed by atoms with E-state index in [-0.39, 0.29) is 11.9 Å². The molecule has 1 N–H and O–H groups in total. The van der Waals surface area contributed by atoms with Crippen LogP contribution >= 0.6 is 11.3 Å². The number of aryl methyl sites for hydroxylation is 2. The van der Waals surface area contributed by atoms with Crippen molar-refractivity contribution in [1.82, 2.24) is 15.1 Å². The fourth-order valence-corrected chi connectivity index (χ4v) is 3.43. The Hall–Kier alpha value is -2.60. The van der Waals surface area contributed by atoms with E-state index in [2.05, 4.69) is 10.4 Å². The van der Waals surface area contributed by atoms with Crippen molar-refractivity contribution in [2.75, 3.05) is 0 Å². The van der Waals surface area contributed by atoms with Gasteiger partial charge in [-0.1, -0.05) is 12.1 Å². The SMILES string of the molecule is Cc1cccc(OCc2csc(C(=O)NC(C)Cn3ccc(C)n3)c2)c1. The molecule has 0 radical (unpaired) electrons. The zero-order valence-corrected chi connectivity index (χ0v) is 16.0. The summed E-state index contributed by atoms with van der Waals surface area (Å²) in [6.45, 7) is 7.06. The fraction of sp³-hybridized carbons (Fsp3) is 0.300. The van der Waals surface area contributed by atoms with Gasteiger partial charge in [0, 0.05) is 17.8 Å². The van der Waals surface area contributed by atoms with Crippen LogP contribution < -0.4 is 10.1 Å². The van der Waals surface area contributed by atoms with Gasteiger partial charge in [-0.3, -0.25) is 9.48 Å². The van der Waals surface area contributed by atoms with Crippen molar-refractivity contribution in [2.24, 2.45) is 0 Å². The van der Waals surface area contributed by atoms with E-state index in [1.807, 2.05) is 73.4 Å². The largest absolute Gasteiger partial charge is 0.489 e. The minimum atomic E-state index is -0.0619. The number of hydrogen-bond donors (Lipinski definition) is 1. The van der Waals surface area contributed by atoms with E-state index in [0.717, 1.165) is 22.6 Å². The quantitative estimate of drug-likeness (QED) is 0.686. The summed E-state index contributed by atoms with van der Waals surface area (Å²) >= 11 is 1.43. The van der Waals surface area contributed by atoms with Gasteiger partial charge in [-0.25, -0.2) is 0 Å². The first kappa shape index (κ1) is 18.2. The van der Waals surface area contributed by atoms with E-state index in [0.29, 0.717) is 18.0 Å². The van der Waals surface area contributed by atoms with Crippen LogP contribution in [0.1, 0.15) is 33.4 Å². The molecule has 0 saturated heterocycles. The molecule has 6 heteroatoms. The molecule has 1 aromatic carbocycles. The van der Waals surface area contributed by atoms with Crippen LogP contribution in [0.15, 0.2) is 48.0 Å². The molecule has 0 spiro atoms. The van der Waals surface area contributed by atoms with Crippen molar-refractivity contribution in [2.45, 2.75) is 40.0 Å². The first-order valence-corrected chi connectivity index (χ1v) is 9.45. The Bertz CT molecular complexity index is 885. The number of carbonyl (C=O) groups excluding carboxylic acids is 1. The molecule has 2 heterocycles. The highest BCUT2D eigenvalue weighted by Gasteiger charge is 2.13. The Morgan fingerprint density at radius 2 is 2.15 bits per heavy atom. The minimum absolute atomic E-state index is 0.00380. The fourth-order valence-electron chi connectivity index (χ4n) is 2.63. The summed E-state index contributed by atoms with van der Waals surface area (Å²) in [7, 11) is 0. The molecule has 2 aromatic heterocycles. The lowest BCUT2D eigenvalue weighted by atomic mass is 10.2. The van der Waals surface area contributed by atoms with Crippen LogP contribution in [-0.2, 0) is 13.2 Å². The molecule has 0 aliphatic heterocycles. The maximum absolute atomic E-state index is 12.4. The lowest BCUT2D eigenvalue weighted by Gasteiger charge is -2.13. The van der Waals surface area contributed by atoms with Gasteiger partial charge >= 0.3 is 0 Å². The predicted octanol–water partition coefficient (Wildman–Crippen LogP) is 3.96. The van der Waals surface area contributed by atoms with Crippen LogP contribution in [0.25, 0.3) is 0 Å². The van der Waals surface area contributed by atoms with Crippen LogP contribution in [0, 0.1) is 13.8 Å². The predicted molar refractivity (Wildman–Crippen MR) is 104 cm³/mol. The Kier molecular flexibility index (Phi) is 5.73. The van der Waals surface area contributed by atoms with Crippen molar-refractivity contribution >= 4 is 17.2 Å². The van der Waals surface area contributed by atoms with Gasteiger partial charge in [0.15, 0.2) is 0 Å². The van der Waals surface area contributed by atoms with Gasteiger partial charge in [0.05, 0.1) is 17.1 Å². The average Bonchev–Trinajstić information content (AvgIpc) is 3.22. The average molecular weight is 369 g/mol. The van der Waals surface area contributed by atoms with Crippen molar-refractivity contribution in [3.63, 3.8) is 0 Å². The highest BCUT2D eigenvalue weighted by Crippen LogP contribution is 2.19. The Morgan fingerprint density at radius 1 is 1.31 bits per heavy atom. The zero-order valence-electron chi connectivity index (χ0n) is 15.2. The van der Waals surface area contributed by atoms with Gasteiger partial charge < -0.3 is 10.1 Å². The van der Waals surface area contributed by atoms with Gasteiger partial charge in [-0.15, -0.1) is 11.3 Å². The van der Waals surface area contributed by atoms with E-state index in [1.54, 1.807) is 0 Å². The first-order valence-electron chi connectivity index (χ1n) is 8.57. The maximum Gasteiger partial charge on any atom is 0.261 e. The highest BCUT2D eigenvalue weighted by molar-refractivity contribution is 7.12. The van der Waals surface area contributed by atoms with Crippen molar-refractivity contribution in [1.29, 1.82) is 0 Å². The monoisotopic (exact) mass is 369 g/mol. The second kappa shape index (κ2) is 8.19. The summed E-state index contributed by atoms with van der Waals surface area (Å²) in [6.07, 6.45) is 1.92. The van der Waals surface area contributed by atoms with Crippen LogP contribution in [0.3, 0.4) is 0 Å². The zero-order chi connectivity index (χ0) is 18.5. The molecule has 0 fully saturated rings. The molecule has 26 heavy (non-hydrogen) atoms. The second-order valence-electron chi connectivity index (χ2n) is 6.48. The molecule has 3 aromatic rings. The number of aromatic nitrogens is 2. The third-order valence-corrected chi connectivity index (χ3v) is 4.86. The van der Waals surface area contributed by atoms with E-state index in [9.17, 15) is 4.79 Å². The minimum Gasteiger partial charge on any atom is -0.489 e. The lowest BCUT2D eigenvalue weighted by Crippen LogP contribution is -2.35. The summed E-state index contributed by atoms with van der Waals surface area (Å²) < 4.78 is 7.63. The Balaban J connectivity index is 1.52. The highest BCUT2D eigenvalue weighted by atomic mass is 32.1. The number of thiophene rings is 1. The van der Waals surface area contributed by atoms with Gasteiger partial charge in [0.1, 0.15) is 12.4 Å². The summed E-state index contributed by atoms with van der Waals surface area (Å²) in [5.74, 6) is 0.776. The van der Waals surface area contributed by atoms with Crippen LogP contribution in [0.2, 0.25) is 0 Å². The normalized spacial score (nSPS) is 12.0. The van der Waals surface area contributed by atoms with E-state index in [4.69, 9.17) is 4.74 Å². The second-order valence-corrected chi connectivity index (χ2v) is 7.39. The van der Waals surface area contributed by atoms with Crippen molar-refractivity contribution in [3.05, 3.63) is 69.7 Å². The first-order chi connectivity index (χ1) is 12.5. The summed E-state index contributed by atoms with van der Waals surface area (Å²) in [6, 6.07) is 11.8. The number of carbonyl (C=O) groups is 1. The summed E-state index contributed by atoms with van der Waals surface area (Å²) in [5.41, 5.74) is 3.13. The number of nitrogens with zero attached hydrogens (tertiary/aromatic N) is 2. The number of rotatable bonds is 7. The molecule has 0 saturated carbocycles. The van der Waals surface area contributed by atoms with Crippen LogP contribution in [0.5, 0.6) is 5.75 Å². The molecule has 0 aliphatic carbocycles. The number of benzene rings is 1. The van der Waals surface area contributed by atoms with E-state index >= 15 is 0 Å². The molecule has 1 unspecified atom stereocenters. The van der Waals surface area contributed by atoms with Gasteiger partial charge in [-0.2, -0.15) is 5.10 Å². The van der Waals surface area contributed by atoms with Gasteiger partial charge in [0.2, 0.25) is 0 Å². The van der Waals surface area contributed by atoms with E-state index < -0.39 is 0 Å². The Morgan fingerprint density at radius 3 is 2.88 bits per heavy atom. The number of amides is 1. The molecule has 0 bridgehead atoms. The molecule has 0 aliphatic rings. The van der Waals surface area contributed by atoms with Crippen LogP contribution in [0.4, 0.5) is 0 Å². The van der Waals surface area contributed by atoms with Crippen molar-refractivity contribution < 1.29 is 9.53 Å².